The third-order valence-electron chi connectivity index (χ3n) is 3.81. The lowest BCUT2D eigenvalue weighted by atomic mass is 10.2. The van der Waals surface area contributed by atoms with Gasteiger partial charge in [0.05, 0.1) is 16.6 Å². The first-order chi connectivity index (χ1) is 11.7. The molecule has 0 spiro atoms. The number of thioether (sulfide) groups is 1. The quantitative estimate of drug-likeness (QED) is 0.646. The van der Waals surface area contributed by atoms with Gasteiger partial charge in [0.1, 0.15) is 5.82 Å². The number of halogens is 2. The van der Waals surface area contributed by atoms with Crippen molar-refractivity contribution in [1.29, 1.82) is 0 Å². The third kappa shape index (κ3) is 5.07. The van der Waals surface area contributed by atoms with Crippen molar-refractivity contribution in [2.24, 2.45) is 5.92 Å². The number of carbonyl (C=O) groups excluding carboxylic acids is 1. The molecule has 25 heavy (non-hydrogen) atoms. The second-order valence-electron chi connectivity index (χ2n) is 6.44. The number of anilines is 1. The van der Waals surface area contributed by atoms with Crippen LogP contribution < -0.4 is 5.32 Å². The van der Waals surface area contributed by atoms with E-state index in [2.05, 4.69) is 44.6 Å². The van der Waals surface area contributed by atoms with E-state index < -0.39 is 11.1 Å². The van der Waals surface area contributed by atoms with Crippen LogP contribution in [0, 0.1) is 25.6 Å². The summed E-state index contributed by atoms with van der Waals surface area (Å²) in [4.78, 5) is 17.0. The summed E-state index contributed by atoms with van der Waals surface area (Å²) in [6, 6.07) is 4.57. The minimum atomic E-state index is -0.465. The molecule has 0 bridgehead atoms. The van der Waals surface area contributed by atoms with Gasteiger partial charge in [0.25, 0.3) is 0 Å². The van der Waals surface area contributed by atoms with Gasteiger partial charge in [0.2, 0.25) is 5.91 Å². The summed E-state index contributed by atoms with van der Waals surface area (Å²) in [6.45, 7) is 11.0. The van der Waals surface area contributed by atoms with Crippen molar-refractivity contribution >= 4 is 39.3 Å². The number of benzene rings is 1. The standard InChI is InChI=1S/C18H23BrFN3OS/c1-10(2)9-23-12(4)11(3)21-18(23)25-13(5)17(24)22-16-7-6-14(19)8-15(16)20/h6-8,10,13H,9H2,1-5H3,(H,22,24). The monoisotopic (exact) mass is 427 g/mol. The number of hydrogen-bond donors (Lipinski definition) is 1. The zero-order valence-corrected chi connectivity index (χ0v) is 17.5. The molecule has 0 radical (unpaired) electrons. The van der Waals surface area contributed by atoms with Gasteiger partial charge in [-0.2, -0.15) is 0 Å². The zero-order valence-electron chi connectivity index (χ0n) is 15.1. The lowest BCUT2D eigenvalue weighted by molar-refractivity contribution is -0.115. The van der Waals surface area contributed by atoms with Gasteiger partial charge >= 0.3 is 0 Å². The molecule has 2 aromatic rings. The van der Waals surface area contributed by atoms with Gasteiger partial charge in [0.15, 0.2) is 5.16 Å². The summed E-state index contributed by atoms with van der Waals surface area (Å²) in [5, 5.41) is 3.07. The molecule has 1 N–H and O–H groups in total. The Balaban J connectivity index is 2.12. The summed E-state index contributed by atoms with van der Waals surface area (Å²) in [5.41, 5.74) is 2.26. The van der Waals surface area contributed by atoms with E-state index in [9.17, 15) is 9.18 Å². The second-order valence-corrected chi connectivity index (χ2v) is 8.67. The molecule has 0 aliphatic carbocycles. The van der Waals surface area contributed by atoms with Crippen LogP contribution in [0.3, 0.4) is 0 Å². The first-order valence-corrected chi connectivity index (χ1v) is 9.82. The predicted molar refractivity (Wildman–Crippen MR) is 105 cm³/mol. The molecule has 0 aliphatic heterocycles. The molecule has 4 nitrogen and oxygen atoms in total. The number of amides is 1. The fourth-order valence-corrected chi connectivity index (χ4v) is 3.67. The van der Waals surface area contributed by atoms with E-state index in [0.717, 1.165) is 23.1 Å². The van der Waals surface area contributed by atoms with Gasteiger partial charge in [-0.3, -0.25) is 4.79 Å². The maximum Gasteiger partial charge on any atom is 0.237 e. The Morgan fingerprint density at radius 2 is 2.04 bits per heavy atom. The number of carbonyl (C=O) groups is 1. The van der Waals surface area contributed by atoms with Crippen LogP contribution in [0.15, 0.2) is 27.8 Å². The molecule has 1 heterocycles. The highest BCUT2D eigenvalue weighted by Gasteiger charge is 2.21. The molecule has 0 saturated carbocycles. The van der Waals surface area contributed by atoms with Crippen LogP contribution in [0.1, 0.15) is 32.2 Å². The SMILES string of the molecule is Cc1nc(SC(C)C(=O)Nc2ccc(Br)cc2F)n(CC(C)C)c1C. The topological polar surface area (TPSA) is 46.9 Å². The van der Waals surface area contributed by atoms with E-state index >= 15 is 0 Å². The largest absolute Gasteiger partial charge is 0.323 e. The Hall–Kier alpha value is -1.34. The van der Waals surface area contributed by atoms with E-state index in [0.29, 0.717) is 10.4 Å². The van der Waals surface area contributed by atoms with E-state index in [4.69, 9.17) is 0 Å². The summed E-state index contributed by atoms with van der Waals surface area (Å²) in [6.07, 6.45) is 0. The molecular weight excluding hydrogens is 405 g/mol. The highest BCUT2D eigenvalue weighted by Crippen LogP contribution is 2.27. The maximum absolute atomic E-state index is 13.9. The lowest BCUT2D eigenvalue weighted by Crippen LogP contribution is -2.23. The molecular formula is C18H23BrFN3OS. The number of hydrogen-bond acceptors (Lipinski definition) is 3. The summed E-state index contributed by atoms with van der Waals surface area (Å²) < 4.78 is 16.7. The average Bonchev–Trinajstić information content (AvgIpc) is 2.77. The van der Waals surface area contributed by atoms with E-state index in [1.807, 2.05) is 13.8 Å². The van der Waals surface area contributed by atoms with Crippen LogP contribution in [0.4, 0.5) is 10.1 Å². The van der Waals surface area contributed by atoms with Gasteiger partial charge in [0, 0.05) is 16.7 Å². The van der Waals surface area contributed by atoms with E-state index in [1.165, 1.54) is 17.8 Å². The summed E-state index contributed by atoms with van der Waals surface area (Å²) >= 11 is 4.60. The zero-order chi connectivity index (χ0) is 18.7. The molecule has 1 unspecified atom stereocenters. The molecule has 1 aromatic heterocycles. The molecule has 1 atom stereocenters. The Bertz CT molecular complexity index is 776. The van der Waals surface area contributed by atoms with Gasteiger partial charge in [-0.1, -0.05) is 41.5 Å². The van der Waals surface area contributed by atoms with Gasteiger partial charge in [-0.15, -0.1) is 0 Å². The van der Waals surface area contributed by atoms with Crippen molar-refractivity contribution in [2.45, 2.75) is 51.6 Å². The third-order valence-corrected chi connectivity index (χ3v) is 5.39. The maximum atomic E-state index is 13.9. The highest BCUT2D eigenvalue weighted by atomic mass is 79.9. The van der Waals surface area contributed by atoms with Crippen molar-refractivity contribution in [3.63, 3.8) is 0 Å². The van der Waals surface area contributed by atoms with Crippen molar-refractivity contribution in [2.75, 3.05) is 5.32 Å². The molecule has 0 fully saturated rings. The first kappa shape index (κ1) is 20.0. The van der Waals surface area contributed by atoms with Crippen LogP contribution in [0.2, 0.25) is 0 Å². The molecule has 136 valence electrons. The number of imidazole rings is 1. The van der Waals surface area contributed by atoms with Gasteiger partial charge in [-0.25, -0.2) is 9.37 Å². The Morgan fingerprint density at radius 1 is 1.36 bits per heavy atom. The molecule has 0 aliphatic rings. The summed E-state index contributed by atoms with van der Waals surface area (Å²) in [7, 11) is 0. The average molecular weight is 428 g/mol. The smallest absolute Gasteiger partial charge is 0.237 e. The van der Waals surface area contributed by atoms with E-state index in [1.54, 1.807) is 19.1 Å². The molecule has 0 saturated heterocycles. The van der Waals surface area contributed by atoms with Crippen LogP contribution in [-0.2, 0) is 11.3 Å². The number of aromatic nitrogens is 2. The number of nitrogens with one attached hydrogen (secondary N) is 1. The van der Waals surface area contributed by atoms with Crippen molar-refractivity contribution in [3.05, 3.63) is 39.9 Å². The van der Waals surface area contributed by atoms with Crippen molar-refractivity contribution < 1.29 is 9.18 Å². The Kier molecular flexibility index (Phi) is 6.68. The minimum absolute atomic E-state index is 0.179. The van der Waals surface area contributed by atoms with E-state index in [-0.39, 0.29) is 11.6 Å². The van der Waals surface area contributed by atoms with Crippen molar-refractivity contribution in [3.8, 4) is 0 Å². The normalized spacial score (nSPS) is 12.5. The van der Waals surface area contributed by atoms with Crippen LogP contribution >= 0.6 is 27.7 Å². The number of nitrogens with zero attached hydrogens (tertiary/aromatic N) is 2. The van der Waals surface area contributed by atoms with Gasteiger partial charge in [-0.05, 0) is 44.9 Å². The molecule has 7 heteroatoms. The molecule has 2 rings (SSSR count). The minimum Gasteiger partial charge on any atom is -0.323 e. The fraction of sp³-hybridized carbons (Fsp3) is 0.444. The Morgan fingerprint density at radius 3 is 2.64 bits per heavy atom. The number of aryl methyl sites for hydroxylation is 1. The number of rotatable bonds is 6. The fourth-order valence-electron chi connectivity index (χ4n) is 2.33. The van der Waals surface area contributed by atoms with Crippen LogP contribution in [-0.4, -0.2) is 20.7 Å². The first-order valence-electron chi connectivity index (χ1n) is 8.15. The molecule has 1 amide bonds. The second kappa shape index (κ2) is 8.36. The van der Waals surface area contributed by atoms with Crippen molar-refractivity contribution in [1.82, 2.24) is 9.55 Å². The lowest BCUT2D eigenvalue weighted by Gasteiger charge is -2.15. The Labute approximate surface area is 160 Å². The van der Waals surface area contributed by atoms with Crippen LogP contribution in [0.25, 0.3) is 0 Å². The predicted octanol–water partition coefficient (Wildman–Crippen LogP) is 5.18. The van der Waals surface area contributed by atoms with Gasteiger partial charge < -0.3 is 9.88 Å². The highest BCUT2D eigenvalue weighted by molar-refractivity contribution is 9.10. The van der Waals surface area contributed by atoms with Crippen LogP contribution in [0.5, 0.6) is 0 Å². The molecule has 1 aromatic carbocycles. The summed E-state index contributed by atoms with van der Waals surface area (Å²) in [5.74, 6) is -0.235.